The fourth-order valence-electron chi connectivity index (χ4n) is 3.93. The molecule has 176 valence electrons. The molecule has 1 rings (SSSR count). The van der Waals surface area contributed by atoms with Gasteiger partial charge in [-0.15, -0.1) is 0 Å². The molecule has 0 N–H and O–H groups in total. The van der Waals surface area contributed by atoms with Gasteiger partial charge in [-0.05, 0) is 31.6 Å². The number of amides is 1. The highest BCUT2D eigenvalue weighted by Gasteiger charge is 2.34. The minimum Gasteiger partial charge on any atom is -0.464 e. The predicted molar refractivity (Wildman–Crippen MR) is 123 cm³/mol. The standard InChI is InChI=1S/C25H47NO4/c1-4-5-6-7-8-9-10-11-12-13-14-17-20-29-24(27)23-18-15-16-19-26(23)25(28)30-21-22(2)3/h22-23H,4-21H2,1-3H3. The smallest absolute Gasteiger partial charge is 0.410 e. The number of unbranched alkanes of at least 4 members (excludes halogenated alkanes) is 11. The highest BCUT2D eigenvalue weighted by molar-refractivity contribution is 5.81. The molecule has 0 aromatic rings. The summed E-state index contributed by atoms with van der Waals surface area (Å²) in [7, 11) is 0. The van der Waals surface area contributed by atoms with Crippen LogP contribution in [0.15, 0.2) is 0 Å². The van der Waals surface area contributed by atoms with Crippen LogP contribution in [0, 0.1) is 5.92 Å². The molecule has 0 bridgehead atoms. The third-order valence-corrected chi connectivity index (χ3v) is 5.79. The van der Waals surface area contributed by atoms with Gasteiger partial charge < -0.3 is 9.47 Å². The second-order valence-corrected chi connectivity index (χ2v) is 9.23. The third-order valence-electron chi connectivity index (χ3n) is 5.79. The average molecular weight is 426 g/mol. The molecule has 5 heteroatoms. The quantitative estimate of drug-likeness (QED) is 0.200. The monoisotopic (exact) mass is 425 g/mol. The number of esters is 1. The molecule has 0 spiro atoms. The lowest BCUT2D eigenvalue weighted by molar-refractivity contribution is -0.150. The molecule has 1 amide bonds. The van der Waals surface area contributed by atoms with Crippen LogP contribution in [-0.2, 0) is 14.3 Å². The fourth-order valence-corrected chi connectivity index (χ4v) is 3.93. The molecule has 1 saturated heterocycles. The Labute approximate surface area is 185 Å². The number of carbonyl (C=O) groups excluding carboxylic acids is 2. The molecule has 0 radical (unpaired) electrons. The van der Waals surface area contributed by atoms with Crippen molar-refractivity contribution in [3.05, 3.63) is 0 Å². The van der Waals surface area contributed by atoms with Crippen LogP contribution in [0.3, 0.4) is 0 Å². The van der Waals surface area contributed by atoms with Gasteiger partial charge in [0.05, 0.1) is 13.2 Å². The van der Waals surface area contributed by atoms with Crippen molar-refractivity contribution in [3.8, 4) is 0 Å². The zero-order valence-corrected chi connectivity index (χ0v) is 20.0. The number of rotatable bonds is 16. The summed E-state index contributed by atoms with van der Waals surface area (Å²) in [4.78, 5) is 26.3. The fraction of sp³-hybridized carbons (Fsp3) is 0.920. The largest absolute Gasteiger partial charge is 0.464 e. The molecule has 5 nitrogen and oxygen atoms in total. The first kappa shape index (κ1) is 26.8. The molecule has 0 aliphatic carbocycles. The summed E-state index contributed by atoms with van der Waals surface area (Å²) < 4.78 is 10.8. The van der Waals surface area contributed by atoms with Gasteiger partial charge in [0.25, 0.3) is 0 Å². The number of piperidine rings is 1. The summed E-state index contributed by atoms with van der Waals surface area (Å²) >= 11 is 0. The molecule has 1 heterocycles. The van der Waals surface area contributed by atoms with Crippen LogP contribution >= 0.6 is 0 Å². The average Bonchev–Trinajstić information content (AvgIpc) is 2.75. The molecular formula is C25H47NO4. The van der Waals surface area contributed by atoms with Crippen molar-refractivity contribution in [1.29, 1.82) is 0 Å². The van der Waals surface area contributed by atoms with Gasteiger partial charge in [0.1, 0.15) is 6.04 Å². The van der Waals surface area contributed by atoms with Crippen LogP contribution in [0.25, 0.3) is 0 Å². The lowest BCUT2D eigenvalue weighted by atomic mass is 10.0. The Kier molecular flexibility index (Phi) is 15.6. The van der Waals surface area contributed by atoms with Gasteiger partial charge in [-0.25, -0.2) is 9.59 Å². The van der Waals surface area contributed by atoms with Crippen molar-refractivity contribution >= 4 is 12.1 Å². The molecule has 0 saturated carbocycles. The van der Waals surface area contributed by atoms with E-state index < -0.39 is 6.04 Å². The van der Waals surface area contributed by atoms with E-state index in [4.69, 9.17) is 9.47 Å². The Morgan fingerprint density at radius 2 is 1.40 bits per heavy atom. The normalized spacial score (nSPS) is 16.7. The molecule has 30 heavy (non-hydrogen) atoms. The van der Waals surface area contributed by atoms with Crippen LogP contribution in [-0.4, -0.2) is 42.8 Å². The van der Waals surface area contributed by atoms with Crippen molar-refractivity contribution in [3.63, 3.8) is 0 Å². The number of carbonyl (C=O) groups is 2. The molecule has 1 unspecified atom stereocenters. The molecular weight excluding hydrogens is 378 g/mol. The Bertz CT molecular complexity index is 452. The minimum absolute atomic E-state index is 0.265. The molecule has 1 aliphatic heterocycles. The van der Waals surface area contributed by atoms with E-state index in [1.807, 2.05) is 13.8 Å². The van der Waals surface area contributed by atoms with Crippen molar-refractivity contribution in [2.75, 3.05) is 19.8 Å². The van der Waals surface area contributed by atoms with E-state index in [1.165, 1.54) is 64.2 Å². The van der Waals surface area contributed by atoms with Crippen molar-refractivity contribution < 1.29 is 19.1 Å². The van der Waals surface area contributed by atoms with E-state index in [0.29, 0.717) is 26.2 Å². The van der Waals surface area contributed by atoms with Gasteiger partial charge in [-0.3, -0.25) is 4.90 Å². The Balaban J connectivity index is 2.07. The molecule has 1 atom stereocenters. The molecule has 1 fully saturated rings. The topological polar surface area (TPSA) is 55.8 Å². The van der Waals surface area contributed by atoms with Gasteiger partial charge in [0.2, 0.25) is 0 Å². The van der Waals surface area contributed by atoms with Gasteiger partial charge >= 0.3 is 12.1 Å². The van der Waals surface area contributed by atoms with Crippen LogP contribution in [0.4, 0.5) is 4.79 Å². The summed E-state index contributed by atoms with van der Waals surface area (Å²) in [6.45, 7) is 7.69. The maximum Gasteiger partial charge on any atom is 0.410 e. The first-order chi connectivity index (χ1) is 14.6. The first-order valence-electron chi connectivity index (χ1n) is 12.7. The maximum atomic E-state index is 12.5. The van der Waals surface area contributed by atoms with Crippen LogP contribution in [0.2, 0.25) is 0 Å². The van der Waals surface area contributed by atoms with E-state index >= 15 is 0 Å². The van der Waals surface area contributed by atoms with Gasteiger partial charge in [0.15, 0.2) is 0 Å². The van der Waals surface area contributed by atoms with Gasteiger partial charge in [-0.1, -0.05) is 91.4 Å². The highest BCUT2D eigenvalue weighted by Crippen LogP contribution is 2.20. The summed E-state index contributed by atoms with van der Waals surface area (Å²) in [5.74, 6) is 0.0224. The van der Waals surface area contributed by atoms with E-state index in [2.05, 4.69) is 6.92 Å². The van der Waals surface area contributed by atoms with E-state index in [1.54, 1.807) is 4.90 Å². The SMILES string of the molecule is CCCCCCCCCCCCCCOC(=O)C1CCCCN1C(=O)OCC(C)C. The highest BCUT2D eigenvalue weighted by atomic mass is 16.6. The van der Waals surface area contributed by atoms with Gasteiger partial charge in [-0.2, -0.15) is 0 Å². The number of nitrogens with zero attached hydrogens (tertiary/aromatic N) is 1. The van der Waals surface area contributed by atoms with Crippen molar-refractivity contribution in [2.45, 2.75) is 123 Å². The lowest BCUT2D eigenvalue weighted by Crippen LogP contribution is -2.49. The molecule has 0 aromatic heterocycles. The summed E-state index contributed by atoms with van der Waals surface area (Å²) in [6, 6.07) is -0.476. The first-order valence-corrected chi connectivity index (χ1v) is 12.7. The van der Waals surface area contributed by atoms with Gasteiger partial charge in [0, 0.05) is 6.54 Å². The Morgan fingerprint density at radius 3 is 1.97 bits per heavy atom. The van der Waals surface area contributed by atoms with E-state index in [9.17, 15) is 9.59 Å². The zero-order chi connectivity index (χ0) is 22.0. The van der Waals surface area contributed by atoms with Crippen LogP contribution in [0.5, 0.6) is 0 Å². The Morgan fingerprint density at radius 1 is 0.833 bits per heavy atom. The lowest BCUT2D eigenvalue weighted by Gasteiger charge is -2.33. The number of likely N-dealkylation sites (tertiary alicyclic amines) is 1. The van der Waals surface area contributed by atoms with E-state index in [-0.39, 0.29) is 18.0 Å². The molecule has 0 aromatic carbocycles. The van der Waals surface area contributed by atoms with Crippen molar-refractivity contribution in [2.24, 2.45) is 5.92 Å². The zero-order valence-electron chi connectivity index (χ0n) is 20.0. The Hall–Kier alpha value is -1.26. The minimum atomic E-state index is -0.476. The maximum absolute atomic E-state index is 12.5. The third kappa shape index (κ3) is 12.4. The molecule has 1 aliphatic rings. The summed E-state index contributed by atoms with van der Waals surface area (Å²) in [5.41, 5.74) is 0. The number of hydrogen-bond acceptors (Lipinski definition) is 4. The van der Waals surface area contributed by atoms with Crippen LogP contribution in [0.1, 0.15) is 117 Å². The van der Waals surface area contributed by atoms with Crippen LogP contribution < -0.4 is 0 Å². The predicted octanol–water partition coefficient (Wildman–Crippen LogP) is 6.88. The van der Waals surface area contributed by atoms with Crippen molar-refractivity contribution in [1.82, 2.24) is 4.90 Å². The second kappa shape index (κ2) is 17.4. The second-order valence-electron chi connectivity index (χ2n) is 9.23. The van der Waals surface area contributed by atoms with E-state index in [0.717, 1.165) is 25.7 Å². The number of ether oxygens (including phenoxy) is 2. The number of hydrogen-bond donors (Lipinski definition) is 0. The summed E-state index contributed by atoms with van der Waals surface area (Å²) in [6.07, 6.45) is 17.6. The summed E-state index contributed by atoms with van der Waals surface area (Å²) in [5, 5.41) is 0.